The summed E-state index contributed by atoms with van der Waals surface area (Å²) in [4.78, 5) is 13.7. The van der Waals surface area contributed by atoms with Crippen molar-refractivity contribution in [3.63, 3.8) is 0 Å². The van der Waals surface area contributed by atoms with E-state index in [9.17, 15) is 4.79 Å². The highest BCUT2D eigenvalue weighted by Gasteiger charge is 2.31. The first-order valence-electron chi connectivity index (χ1n) is 5.77. The van der Waals surface area contributed by atoms with Crippen molar-refractivity contribution in [1.82, 2.24) is 4.90 Å². The first-order valence-corrected chi connectivity index (χ1v) is 6.15. The maximum Gasteiger partial charge on any atom is 0.323 e. The van der Waals surface area contributed by atoms with Crippen molar-refractivity contribution in [2.24, 2.45) is 0 Å². The number of rotatable bonds is 3. The Morgan fingerprint density at radius 1 is 1.47 bits per heavy atom. The molecule has 2 rings (SSSR count). The molecule has 1 aromatic rings. The lowest BCUT2D eigenvalue weighted by Gasteiger charge is -2.22. The summed E-state index contributed by atoms with van der Waals surface area (Å²) in [5, 5.41) is 0.736. The van der Waals surface area contributed by atoms with Crippen LogP contribution < -0.4 is 0 Å². The summed E-state index contributed by atoms with van der Waals surface area (Å²) in [7, 11) is 1.45. The van der Waals surface area contributed by atoms with E-state index in [1.165, 1.54) is 12.7 Å². The van der Waals surface area contributed by atoms with Crippen molar-refractivity contribution in [3.05, 3.63) is 34.9 Å². The number of halogens is 1. The molecule has 4 heteroatoms. The molecule has 1 heterocycles. The quantitative estimate of drug-likeness (QED) is 0.775. The lowest BCUT2D eigenvalue weighted by atomic mass is 10.2. The molecule has 0 aliphatic carbocycles. The first kappa shape index (κ1) is 12.4. The molecule has 17 heavy (non-hydrogen) atoms. The zero-order valence-electron chi connectivity index (χ0n) is 9.86. The summed E-state index contributed by atoms with van der Waals surface area (Å²) in [6, 6.07) is 7.65. The average Bonchev–Trinajstić information content (AvgIpc) is 2.79. The van der Waals surface area contributed by atoms with Crippen LogP contribution in [0.1, 0.15) is 18.4 Å². The molecule has 3 nitrogen and oxygen atoms in total. The zero-order chi connectivity index (χ0) is 12.3. The van der Waals surface area contributed by atoms with Gasteiger partial charge in [0.15, 0.2) is 0 Å². The third-order valence-electron chi connectivity index (χ3n) is 3.14. The van der Waals surface area contributed by atoms with Crippen molar-refractivity contribution in [3.8, 4) is 0 Å². The highest BCUT2D eigenvalue weighted by Crippen LogP contribution is 2.21. The molecule has 0 aromatic heterocycles. The molecular formula is C13H16ClNO2. The number of carbonyl (C=O) groups excluding carboxylic acids is 1. The summed E-state index contributed by atoms with van der Waals surface area (Å²) >= 11 is 5.84. The van der Waals surface area contributed by atoms with Crippen LogP contribution in [0.15, 0.2) is 24.3 Å². The van der Waals surface area contributed by atoms with Gasteiger partial charge in [-0.1, -0.05) is 23.7 Å². The number of nitrogens with zero attached hydrogens (tertiary/aromatic N) is 1. The van der Waals surface area contributed by atoms with Gasteiger partial charge in [0.05, 0.1) is 7.11 Å². The number of hydrogen-bond donors (Lipinski definition) is 0. The summed E-state index contributed by atoms with van der Waals surface area (Å²) < 4.78 is 4.82. The Bertz CT molecular complexity index is 391. The lowest BCUT2D eigenvalue weighted by molar-refractivity contribution is -0.146. The number of esters is 1. The number of hydrogen-bond acceptors (Lipinski definition) is 3. The van der Waals surface area contributed by atoms with Crippen LogP contribution in [-0.2, 0) is 16.1 Å². The van der Waals surface area contributed by atoms with Crippen LogP contribution in [0.3, 0.4) is 0 Å². The van der Waals surface area contributed by atoms with Crippen molar-refractivity contribution in [1.29, 1.82) is 0 Å². The summed E-state index contributed by atoms with van der Waals surface area (Å²) in [6.07, 6.45) is 1.94. The van der Waals surface area contributed by atoms with Gasteiger partial charge < -0.3 is 4.74 Å². The van der Waals surface area contributed by atoms with E-state index in [4.69, 9.17) is 16.3 Å². The van der Waals surface area contributed by atoms with E-state index in [1.807, 2.05) is 24.3 Å². The fourth-order valence-electron chi connectivity index (χ4n) is 2.24. The standard InChI is InChI=1S/C13H16ClNO2/c1-17-13(16)12-3-2-8-15(12)9-10-4-6-11(14)7-5-10/h4-7,12H,2-3,8-9H2,1H3. The van der Waals surface area contributed by atoms with Gasteiger partial charge in [0.1, 0.15) is 6.04 Å². The predicted molar refractivity (Wildman–Crippen MR) is 66.9 cm³/mol. The minimum Gasteiger partial charge on any atom is -0.468 e. The van der Waals surface area contributed by atoms with E-state index in [-0.39, 0.29) is 12.0 Å². The Morgan fingerprint density at radius 2 is 2.18 bits per heavy atom. The second kappa shape index (κ2) is 5.52. The van der Waals surface area contributed by atoms with Crippen LogP contribution in [0, 0.1) is 0 Å². The largest absolute Gasteiger partial charge is 0.468 e. The van der Waals surface area contributed by atoms with Gasteiger partial charge in [-0.15, -0.1) is 0 Å². The van der Waals surface area contributed by atoms with Gasteiger partial charge in [0.2, 0.25) is 0 Å². The average molecular weight is 254 g/mol. The highest BCUT2D eigenvalue weighted by atomic mass is 35.5. The molecule has 0 N–H and O–H groups in total. The topological polar surface area (TPSA) is 29.5 Å². The third kappa shape index (κ3) is 2.99. The summed E-state index contributed by atoms with van der Waals surface area (Å²) in [6.45, 7) is 1.72. The van der Waals surface area contributed by atoms with Crippen molar-refractivity contribution >= 4 is 17.6 Å². The smallest absolute Gasteiger partial charge is 0.323 e. The molecule has 92 valence electrons. The van der Waals surface area contributed by atoms with Gasteiger partial charge in [0.25, 0.3) is 0 Å². The van der Waals surface area contributed by atoms with Gasteiger partial charge in [-0.3, -0.25) is 9.69 Å². The SMILES string of the molecule is COC(=O)C1CCCN1Cc1ccc(Cl)cc1. The van der Waals surface area contributed by atoms with Crippen LogP contribution in [0.25, 0.3) is 0 Å². The maximum absolute atomic E-state index is 11.6. The molecule has 1 fully saturated rings. The monoisotopic (exact) mass is 253 g/mol. The number of benzene rings is 1. The predicted octanol–water partition coefficient (Wildman–Crippen LogP) is 2.48. The Labute approximate surface area is 106 Å². The Kier molecular flexibility index (Phi) is 4.02. The van der Waals surface area contributed by atoms with Crippen molar-refractivity contribution in [2.75, 3.05) is 13.7 Å². The van der Waals surface area contributed by atoms with Gasteiger partial charge in [-0.25, -0.2) is 0 Å². The Hall–Kier alpha value is -1.06. The molecule has 1 aromatic carbocycles. The molecule has 0 spiro atoms. The van der Waals surface area contributed by atoms with Gasteiger partial charge in [0, 0.05) is 11.6 Å². The van der Waals surface area contributed by atoms with Crippen LogP contribution in [0.4, 0.5) is 0 Å². The maximum atomic E-state index is 11.6. The molecule has 1 saturated heterocycles. The minimum atomic E-state index is -0.128. The summed E-state index contributed by atoms with van der Waals surface area (Å²) in [5.41, 5.74) is 1.17. The third-order valence-corrected chi connectivity index (χ3v) is 3.39. The molecule has 0 amide bonds. The van der Waals surface area contributed by atoms with E-state index >= 15 is 0 Å². The fraction of sp³-hybridized carbons (Fsp3) is 0.462. The minimum absolute atomic E-state index is 0.0873. The zero-order valence-corrected chi connectivity index (χ0v) is 10.6. The number of likely N-dealkylation sites (tertiary alicyclic amines) is 1. The summed E-state index contributed by atoms with van der Waals surface area (Å²) in [5.74, 6) is -0.128. The van der Waals surface area contributed by atoms with Gasteiger partial charge in [-0.05, 0) is 37.1 Å². The van der Waals surface area contributed by atoms with Crippen LogP contribution in [0.5, 0.6) is 0 Å². The van der Waals surface area contributed by atoms with Crippen LogP contribution in [-0.4, -0.2) is 30.6 Å². The first-order chi connectivity index (χ1) is 8.20. The highest BCUT2D eigenvalue weighted by molar-refractivity contribution is 6.30. The van der Waals surface area contributed by atoms with E-state index < -0.39 is 0 Å². The molecule has 1 aliphatic rings. The van der Waals surface area contributed by atoms with E-state index in [0.717, 1.165) is 31.0 Å². The molecule has 0 radical (unpaired) electrons. The van der Waals surface area contributed by atoms with Crippen LogP contribution in [0.2, 0.25) is 5.02 Å². The second-order valence-corrected chi connectivity index (χ2v) is 4.71. The molecular weight excluding hydrogens is 238 g/mol. The number of carbonyl (C=O) groups is 1. The molecule has 0 saturated carbocycles. The lowest BCUT2D eigenvalue weighted by Crippen LogP contribution is -2.36. The van der Waals surface area contributed by atoms with E-state index in [1.54, 1.807) is 0 Å². The van der Waals surface area contributed by atoms with E-state index in [0.29, 0.717) is 0 Å². The molecule has 1 aliphatic heterocycles. The van der Waals surface area contributed by atoms with E-state index in [2.05, 4.69) is 4.90 Å². The number of ether oxygens (including phenoxy) is 1. The molecule has 0 bridgehead atoms. The molecule has 1 atom stereocenters. The Balaban J connectivity index is 2.02. The Morgan fingerprint density at radius 3 is 2.82 bits per heavy atom. The molecule has 1 unspecified atom stereocenters. The fourth-order valence-corrected chi connectivity index (χ4v) is 2.37. The second-order valence-electron chi connectivity index (χ2n) is 4.28. The normalized spacial score (nSPS) is 20.5. The van der Waals surface area contributed by atoms with Crippen molar-refractivity contribution < 1.29 is 9.53 Å². The van der Waals surface area contributed by atoms with Gasteiger partial charge in [-0.2, -0.15) is 0 Å². The van der Waals surface area contributed by atoms with Gasteiger partial charge >= 0.3 is 5.97 Å². The van der Waals surface area contributed by atoms with Crippen LogP contribution >= 0.6 is 11.6 Å². The van der Waals surface area contributed by atoms with Crippen molar-refractivity contribution in [2.45, 2.75) is 25.4 Å². The number of methoxy groups -OCH3 is 1.